The van der Waals surface area contributed by atoms with E-state index < -0.39 is 11.5 Å². The second-order valence-corrected chi connectivity index (χ2v) is 7.48. The fourth-order valence-corrected chi connectivity index (χ4v) is 2.52. The summed E-state index contributed by atoms with van der Waals surface area (Å²) in [5, 5.41) is 12.0. The summed E-state index contributed by atoms with van der Waals surface area (Å²) >= 11 is 0. The van der Waals surface area contributed by atoms with Gasteiger partial charge in [-0.15, -0.1) is 0 Å². The zero-order valence-corrected chi connectivity index (χ0v) is 16.3. The van der Waals surface area contributed by atoms with E-state index in [2.05, 4.69) is 5.32 Å². The number of ether oxygens (including phenoxy) is 1. The third-order valence-corrected chi connectivity index (χ3v) is 3.95. The van der Waals surface area contributed by atoms with Gasteiger partial charge in [0.15, 0.2) is 0 Å². The Morgan fingerprint density at radius 1 is 1.15 bits per heavy atom. The van der Waals surface area contributed by atoms with Gasteiger partial charge in [-0.05, 0) is 39.8 Å². The van der Waals surface area contributed by atoms with E-state index in [0.29, 0.717) is 31.9 Å². The number of nitrogens with one attached hydrogen (secondary N) is 1. The molecule has 0 saturated carbocycles. The molecule has 2 amide bonds. The van der Waals surface area contributed by atoms with E-state index in [1.54, 1.807) is 23.2 Å². The number of anilines is 1. The number of nitrogens with zero attached hydrogens (tertiary/aromatic N) is 3. The van der Waals surface area contributed by atoms with E-state index in [4.69, 9.17) is 4.74 Å². The van der Waals surface area contributed by atoms with Crippen LogP contribution < -0.4 is 5.32 Å². The predicted molar refractivity (Wildman–Crippen MR) is 103 cm³/mol. The van der Waals surface area contributed by atoms with Gasteiger partial charge in [0.05, 0.1) is 0 Å². The first-order valence-corrected chi connectivity index (χ1v) is 8.90. The van der Waals surface area contributed by atoms with Gasteiger partial charge in [0.25, 0.3) is 5.91 Å². The lowest BCUT2D eigenvalue weighted by Crippen LogP contribution is -2.48. The van der Waals surface area contributed by atoms with Crippen molar-refractivity contribution in [3.05, 3.63) is 41.6 Å². The van der Waals surface area contributed by atoms with Gasteiger partial charge in [-0.3, -0.25) is 4.79 Å². The van der Waals surface area contributed by atoms with Crippen molar-refractivity contribution < 1.29 is 14.3 Å². The Kier molecular flexibility index (Phi) is 6.45. The molecule has 0 unspecified atom stereocenters. The molecule has 144 valence electrons. The molecule has 0 spiro atoms. The average Bonchev–Trinajstić information content (AvgIpc) is 2.60. The van der Waals surface area contributed by atoms with Gasteiger partial charge in [0.2, 0.25) is 0 Å². The summed E-state index contributed by atoms with van der Waals surface area (Å²) in [5.41, 5.74) is 1.23. The van der Waals surface area contributed by atoms with Crippen LogP contribution in [0, 0.1) is 18.3 Å². The second-order valence-electron chi connectivity index (χ2n) is 7.48. The Morgan fingerprint density at radius 3 is 2.26 bits per heavy atom. The van der Waals surface area contributed by atoms with E-state index in [1.165, 1.54) is 0 Å². The molecular formula is C20H26N4O3. The summed E-state index contributed by atoms with van der Waals surface area (Å²) in [6.45, 7) is 9.46. The monoisotopic (exact) mass is 370 g/mol. The molecular weight excluding hydrogens is 344 g/mol. The summed E-state index contributed by atoms with van der Waals surface area (Å²) in [4.78, 5) is 27.9. The smallest absolute Gasteiger partial charge is 0.410 e. The minimum atomic E-state index is -0.532. The number of piperazine rings is 1. The molecule has 1 heterocycles. The van der Waals surface area contributed by atoms with Crippen molar-refractivity contribution in [2.75, 3.05) is 31.5 Å². The molecule has 0 aromatic heterocycles. The molecule has 0 radical (unpaired) electrons. The van der Waals surface area contributed by atoms with Crippen LogP contribution >= 0.6 is 0 Å². The Bertz CT molecular complexity index is 749. The van der Waals surface area contributed by atoms with Crippen LogP contribution in [0.5, 0.6) is 0 Å². The number of hydrogen-bond donors (Lipinski definition) is 1. The zero-order valence-electron chi connectivity index (χ0n) is 16.3. The number of amides is 2. The molecule has 1 N–H and O–H groups in total. The van der Waals surface area contributed by atoms with Gasteiger partial charge < -0.3 is 19.9 Å². The van der Waals surface area contributed by atoms with Crippen molar-refractivity contribution in [1.82, 2.24) is 9.80 Å². The van der Waals surface area contributed by atoms with Gasteiger partial charge in [-0.25, -0.2) is 4.79 Å². The number of carbonyl (C=O) groups excluding carboxylic acids is 2. The van der Waals surface area contributed by atoms with Crippen molar-refractivity contribution in [2.45, 2.75) is 33.3 Å². The van der Waals surface area contributed by atoms with Crippen molar-refractivity contribution >= 4 is 17.7 Å². The molecule has 0 atom stereocenters. The number of aryl methyl sites for hydroxylation is 1. The maximum Gasteiger partial charge on any atom is 0.410 e. The van der Waals surface area contributed by atoms with E-state index in [1.807, 2.05) is 50.8 Å². The van der Waals surface area contributed by atoms with E-state index in [-0.39, 0.29) is 11.7 Å². The highest BCUT2D eigenvalue weighted by Gasteiger charge is 2.25. The first-order chi connectivity index (χ1) is 12.7. The highest BCUT2D eigenvalue weighted by Crippen LogP contribution is 2.14. The quantitative estimate of drug-likeness (QED) is 0.653. The molecule has 27 heavy (non-hydrogen) atoms. The van der Waals surface area contributed by atoms with Crippen LogP contribution in [-0.2, 0) is 9.53 Å². The maximum absolute atomic E-state index is 12.3. The standard InChI is InChI=1S/C20H26N4O3/c1-15-5-7-17(8-6-15)22-18(25)16(13-21)14-23-9-11-24(12-10-23)19(26)27-20(2,3)4/h5-8,14H,9-12H2,1-4H3,(H,22,25)/b16-14-. The van der Waals surface area contributed by atoms with Crippen LogP contribution in [0.25, 0.3) is 0 Å². The molecule has 1 aromatic rings. The van der Waals surface area contributed by atoms with Gasteiger partial charge in [0.1, 0.15) is 17.2 Å². The average molecular weight is 370 g/mol. The number of hydrogen-bond acceptors (Lipinski definition) is 5. The van der Waals surface area contributed by atoms with Crippen molar-refractivity contribution in [3.63, 3.8) is 0 Å². The number of rotatable bonds is 3. The summed E-state index contributed by atoms with van der Waals surface area (Å²) in [6, 6.07) is 9.32. The van der Waals surface area contributed by atoms with Crippen LogP contribution in [0.3, 0.4) is 0 Å². The van der Waals surface area contributed by atoms with Gasteiger partial charge in [0, 0.05) is 38.1 Å². The molecule has 1 aliphatic rings. The summed E-state index contributed by atoms with van der Waals surface area (Å²) in [6.07, 6.45) is 1.21. The molecule has 1 aromatic carbocycles. The lowest BCUT2D eigenvalue weighted by Gasteiger charge is -2.35. The Morgan fingerprint density at radius 2 is 1.74 bits per heavy atom. The zero-order chi connectivity index (χ0) is 20.0. The first-order valence-electron chi connectivity index (χ1n) is 8.90. The fraction of sp³-hybridized carbons (Fsp3) is 0.450. The van der Waals surface area contributed by atoms with Gasteiger partial charge in [-0.1, -0.05) is 17.7 Å². The van der Waals surface area contributed by atoms with Crippen LogP contribution in [0.4, 0.5) is 10.5 Å². The lowest BCUT2D eigenvalue weighted by molar-refractivity contribution is -0.112. The molecule has 1 aliphatic heterocycles. The second kappa shape index (κ2) is 8.58. The predicted octanol–water partition coefficient (Wildman–Crippen LogP) is 2.89. The Labute approximate surface area is 160 Å². The molecule has 1 saturated heterocycles. The van der Waals surface area contributed by atoms with Crippen LogP contribution in [0.15, 0.2) is 36.0 Å². The van der Waals surface area contributed by atoms with Crippen LogP contribution in [0.2, 0.25) is 0 Å². The minimum Gasteiger partial charge on any atom is -0.444 e. The van der Waals surface area contributed by atoms with E-state index in [9.17, 15) is 14.9 Å². The number of nitriles is 1. The maximum atomic E-state index is 12.3. The first kappa shape index (κ1) is 20.3. The lowest BCUT2D eigenvalue weighted by atomic mass is 10.2. The molecule has 1 fully saturated rings. The molecule has 7 nitrogen and oxygen atoms in total. The molecule has 0 aliphatic carbocycles. The third-order valence-electron chi connectivity index (χ3n) is 3.95. The largest absolute Gasteiger partial charge is 0.444 e. The minimum absolute atomic E-state index is 0.0290. The number of carbonyl (C=O) groups is 2. The SMILES string of the molecule is Cc1ccc(NC(=O)/C(C#N)=C\N2CCN(C(=O)OC(C)(C)C)CC2)cc1. The third kappa shape index (κ3) is 6.33. The molecule has 7 heteroatoms. The topological polar surface area (TPSA) is 85.7 Å². The number of benzene rings is 1. The van der Waals surface area contributed by atoms with Crippen molar-refractivity contribution in [2.24, 2.45) is 0 Å². The Hall–Kier alpha value is -3.01. The molecule has 0 bridgehead atoms. The van der Waals surface area contributed by atoms with E-state index in [0.717, 1.165) is 5.56 Å². The van der Waals surface area contributed by atoms with Gasteiger partial charge >= 0.3 is 6.09 Å². The van der Waals surface area contributed by atoms with Gasteiger partial charge in [-0.2, -0.15) is 5.26 Å². The summed E-state index contributed by atoms with van der Waals surface area (Å²) < 4.78 is 5.36. The summed E-state index contributed by atoms with van der Waals surface area (Å²) in [5.74, 6) is -0.448. The van der Waals surface area contributed by atoms with Crippen molar-refractivity contribution in [1.29, 1.82) is 5.26 Å². The van der Waals surface area contributed by atoms with Crippen LogP contribution in [0.1, 0.15) is 26.3 Å². The normalized spacial score (nSPS) is 15.1. The highest BCUT2D eigenvalue weighted by molar-refractivity contribution is 6.06. The molecule has 2 rings (SSSR count). The highest BCUT2D eigenvalue weighted by atomic mass is 16.6. The summed E-state index contributed by atoms with van der Waals surface area (Å²) in [7, 11) is 0. The fourth-order valence-electron chi connectivity index (χ4n) is 2.52. The van der Waals surface area contributed by atoms with Crippen LogP contribution in [-0.4, -0.2) is 53.6 Å². The van der Waals surface area contributed by atoms with E-state index >= 15 is 0 Å². The van der Waals surface area contributed by atoms with Crippen molar-refractivity contribution in [3.8, 4) is 6.07 Å². The Balaban J connectivity index is 1.93.